The summed E-state index contributed by atoms with van der Waals surface area (Å²) in [5.41, 5.74) is 1.80. The smallest absolute Gasteiger partial charge is 0.255 e. The van der Waals surface area contributed by atoms with E-state index >= 15 is 0 Å². The number of likely N-dealkylation sites (tertiary alicyclic amines) is 1. The number of hydrogen-bond donors (Lipinski definition) is 1. The van der Waals surface area contributed by atoms with E-state index in [0.29, 0.717) is 23.5 Å². The van der Waals surface area contributed by atoms with Gasteiger partial charge in [-0.1, -0.05) is 66.7 Å². The van der Waals surface area contributed by atoms with E-state index in [9.17, 15) is 9.90 Å². The number of carbonyl (C=O) groups excluding carboxylic acids is 1. The number of aromatic nitrogens is 1. The Morgan fingerprint density at radius 3 is 2.10 bits per heavy atom. The van der Waals surface area contributed by atoms with Gasteiger partial charge in [-0.05, 0) is 36.2 Å². The van der Waals surface area contributed by atoms with Crippen LogP contribution in [-0.4, -0.2) is 60.4 Å². The van der Waals surface area contributed by atoms with Gasteiger partial charge < -0.3 is 24.2 Å². The summed E-state index contributed by atoms with van der Waals surface area (Å²) in [6.45, 7) is 0.386. The lowest BCUT2D eigenvalue weighted by molar-refractivity contribution is -0.0158. The summed E-state index contributed by atoms with van der Waals surface area (Å²) in [5, 5.41) is 10.6. The number of amides is 1. The zero-order chi connectivity index (χ0) is 27.2. The Morgan fingerprint density at radius 1 is 0.897 bits per heavy atom. The number of carbonyl (C=O) groups is 1. The van der Waals surface area contributed by atoms with Crippen LogP contribution in [0, 0.1) is 0 Å². The zero-order valence-electron chi connectivity index (χ0n) is 22.1. The van der Waals surface area contributed by atoms with Crippen LogP contribution >= 0.6 is 0 Å². The molecule has 1 fully saturated rings. The van der Waals surface area contributed by atoms with E-state index in [2.05, 4.69) is 4.98 Å². The summed E-state index contributed by atoms with van der Waals surface area (Å²) < 4.78 is 18.7. The van der Waals surface area contributed by atoms with Gasteiger partial charge in [-0.3, -0.25) is 9.78 Å². The van der Waals surface area contributed by atoms with Crippen molar-refractivity contribution in [3.63, 3.8) is 0 Å². The van der Waals surface area contributed by atoms with E-state index in [-0.39, 0.29) is 25.1 Å². The van der Waals surface area contributed by atoms with Gasteiger partial charge >= 0.3 is 0 Å². The molecule has 0 spiro atoms. The number of β-amino-alcohol motifs (C(OH)–C–C–N with tert-alkyl or cyclic N) is 1. The number of aliphatic hydroxyl groups excluding tert-OH is 1. The van der Waals surface area contributed by atoms with Gasteiger partial charge in [-0.25, -0.2) is 0 Å². The van der Waals surface area contributed by atoms with Crippen LogP contribution in [0.25, 0.3) is 0 Å². The zero-order valence-corrected chi connectivity index (χ0v) is 22.1. The minimum absolute atomic E-state index is 0.161. The number of methoxy groups -OCH3 is 2. The Labute approximate surface area is 228 Å². The van der Waals surface area contributed by atoms with Crippen LogP contribution in [0.4, 0.5) is 0 Å². The number of pyridine rings is 1. The van der Waals surface area contributed by atoms with Crippen LogP contribution < -0.4 is 9.47 Å². The van der Waals surface area contributed by atoms with Gasteiger partial charge in [0.15, 0.2) is 5.60 Å². The summed E-state index contributed by atoms with van der Waals surface area (Å²) in [7, 11) is 3.27. The molecule has 2 atom stereocenters. The van der Waals surface area contributed by atoms with E-state index in [0.717, 1.165) is 16.7 Å². The van der Waals surface area contributed by atoms with Gasteiger partial charge in [-0.2, -0.15) is 0 Å². The summed E-state index contributed by atoms with van der Waals surface area (Å²) >= 11 is 0. The maximum atomic E-state index is 13.4. The number of aliphatic hydroxyl groups is 1. The largest absolute Gasteiger partial charge is 0.496 e. The average Bonchev–Trinajstić information content (AvgIpc) is 3.38. The lowest BCUT2D eigenvalue weighted by Gasteiger charge is -2.39. The number of hydrogen-bond acceptors (Lipinski definition) is 6. The fraction of sp³-hybridized carbons (Fsp3) is 0.250. The highest BCUT2D eigenvalue weighted by molar-refractivity contribution is 5.94. The fourth-order valence-electron chi connectivity index (χ4n) is 5.41. The van der Waals surface area contributed by atoms with Gasteiger partial charge in [-0.15, -0.1) is 0 Å². The van der Waals surface area contributed by atoms with E-state index in [1.54, 1.807) is 43.6 Å². The second-order valence-electron chi connectivity index (χ2n) is 9.50. The average molecular weight is 525 g/mol. The summed E-state index contributed by atoms with van der Waals surface area (Å²) in [6, 6.07) is 28.5. The van der Waals surface area contributed by atoms with Crippen molar-refractivity contribution < 1.29 is 24.1 Å². The van der Waals surface area contributed by atoms with Crippen molar-refractivity contribution in [3.05, 3.63) is 126 Å². The van der Waals surface area contributed by atoms with Gasteiger partial charge in [0.05, 0.1) is 38.5 Å². The van der Waals surface area contributed by atoms with Gasteiger partial charge in [0.2, 0.25) is 0 Å². The monoisotopic (exact) mass is 524 g/mol. The molecule has 1 aliphatic heterocycles. The second kappa shape index (κ2) is 11.7. The standard InChI is InChI=1S/C32H32N2O5/c1-37-29-16-8-6-14-27(29)32(24-12-4-3-5-13-24,28-15-7-9-17-30(28)38-2)39-22-25-19-26(35)21-34(25)31(36)23-11-10-18-33-20-23/h3-18,20,25-26,35H,19,21-22H2,1-2H3. The Kier molecular flexibility index (Phi) is 7.91. The molecule has 1 saturated heterocycles. The number of benzene rings is 3. The first-order chi connectivity index (χ1) is 19.1. The highest BCUT2D eigenvalue weighted by atomic mass is 16.5. The lowest BCUT2D eigenvalue weighted by Crippen LogP contribution is -2.42. The molecule has 1 N–H and O–H groups in total. The maximum Gasteiger partial charge on any atom is 0.255 e. The molecule has 1 aromatic heterocycles. The summed E-state index contributed by atoms with van der Waals surface area (Å²) in [4.78, 5) is 19.2. The second-order valence-corrected chi connectivity index (χ2v) is 9.50. The van der Waals surface area contributed by atoms with Crippen LogP contribution in [0.3, 0.4) is 0 Å². The molecule has 39 heavy (non-hydrogen) atoms. The molecule has 1 aliphatic rings. The van der Waals surface area contributed by atoms with Crippen LogP contribution in [0.1, 0.15) is 33.5 Å². The molecule has 200 valence electrons. The fourth-order valence-corrected chi connectivity index (χ4v) is 5.41. The van der Waals surface area contributed by atoms with E-state index < -0.39 is 11.7 Å². The van der Waals surface area contributed by atoms with Crippen molar-refractivity contribution >= 4 is 5.91 Å². The first-order valence-electron chi connectivity index (χ1n) is 12.9. The third-order valence-electron chi connectivity index (χ3n) is 7.21. The first-order valence-corrected chi connectivity index (χ1v) is 12.9. The molecule has 7 nitrogen and oxygen atoms in total. The number of ether oxygens (including phenoxy) is 3. The van der Waals surface area contributed by atoms with Gasteiger partial charge in [0, 0.05) is 30.1 Å². The Hall–Kier alpha value is -4.20. The Morgan fingerprint density at radius 2 is 1.51 bits per heavy atom. The van der Waals surface area contributed by atoms with Crippen molar-refractivity contribution in [2.45, 2.75) is 24.2 Å². The van der Waals surface area contributed by atoms with Crippen LogP contribution in [-0.2, 0) is 10.3 Å². The SMILES string of the molecule is COc1ccccc1C(OCC1CC(O)CN1C(=O)c1cccnc1)(c1ccccc1)c1ccccc1OC. The predicted octanol–water partition coefficient (Wildman–Crippen LogP) is 4.68. The minimum Gasteiger partial charge on any atom is -0.496 e. The predicted molar refractivity (Wildman–Crippen MR) is 148 cm³/mol. The molecule has 0 saturated carbocycles. The van der Waals surface area contributed by atoms with Crippen molar-refractivity contribution in [1.82, 2.24) is 9.88 Å². The third-order valence-corrected chi connectivity index (χ3v) is 7.21. The lowest BCUT2D eigenvalue weighted by atomic mass is 9.79. The molecular weight excluding hydrogens is 492 g/mol. The Balaban J connectivity index is 1.63. The Bertz CT molecular complexity index is 1350. The number of nitrogens with zero attached hydrogens (tertiary/aromatic N) is 2. The third kappa shape index (κ3) is 5.11. The summed E-state index contributed by atoms with van der Waals surface area (Å²) in [6.07, 6.45) is 2.92. The van der Waals surface area contributed by atoms with Crippen molar-refractivity contribution in [2.75, 3.05) is 27.4 Å². The van der Waals surface area contributed by atoms with Crippen molar-refractivity contribution in [3.8, 4) is 11.5 Å². The van der Waals surface area contributed by atoms with Crippen LogP contribution in [0.5, 0.6) is 11.5 Å². The number of para-hydroxylation sites is 2. The minimum atomic E-state index is -1.14. The van der Waals surface area contributed by atoms with Crippen LogP contribution in [0.15, 0.2) is 103 Å². The molecule has 2 heterocycles. The van der Waals surface area contributed by atoms with Gasteiger partial charge in [0.1, 0.15) is 11.5 Å². The first kappa shape index (κ1) is 26.4. The van der Waals surface area contributed by atoms with Gasteiger partial charge in [0.25, 0.3) is 5.91 Å². The number of rotatable bonds is 9. The molecule has 0 aliphatic carbocycles. The normalized spacial score (nSPS) is 17.2. The highest BCUT2D eigenvalue weighted by Gasteiger charge is 2.44. The molecule has 0 radical (unpaired) electrons. The van der Waals surface area contributed by atoms with Crippen molar-refractivity contribution in [1.29, 1.82) is 0 Å². The summed E-state index contributed by atoms with van der Waals surface area (Å²) in [5.74, 6) is 1.12. The van der Waals surface area contributed by atoms with E-state index in [1.807, 2.05) is 78.9 Å². The molecule has 3 aromatic carbocycles. The quantitative estimate of drug-likeness (QED) is 0.320. The molecule has 1 amide bonds. The molecule has 7 heteroatoms. The molecule has 5 rings (SSSR count). The molecule has 4 aromatic rings. The van der Waals surface area contributed by atoms with E-state index in [4.69, 9.17) is 14.2 Å². The molecular formula is C32H32N2O5. The molecule has 0 bridgehead atoms. The topological polar surface area (TPSA) is 81.1 Å². The maximum absolute atomic E-state index is 13.4. The molecule has 2 unspecified atom stereocenters. The van der Waals surface area contributed by atoms with E-state index in [1.165, 1.54) is 0 Å². The van der Waals surface area contributed by atoms with Crippen LogP contribution in [0.2, 0.25) is 0 Å². The van der Waals surface area contributed by atoms with Crippen molar-refractivity contribution in [2.24, 2.45) is 0 Å². The highest BCUT2D eigenvalue weighted by Crippen LogP contribution is 2.47.